The number of hydrogen-bond donors (Lipinski definition) is 0. The van der Waals surface area contributed by atoms with Gasteiger partial charge in [0.25, 0.3) is 0 Å². The monoisotopic (exact) mass is 433 g/mol. The van der Waals surface area contributed by atoms with E-state index in [0.29, 0.717) is 19.0 Å². The van der Waals surface area contributed by atoms with Crippen molar-refractivity contribution in [3.05, 3.63) is 42.4 Å². The van der Waals surface area contributed by atoms with Gasteiger partial charge in [-0.05, 0) is 26.0 Å². The van der Waals surface area contributed by atoms with Crippen LogP contribution in [0.1, 0.15) is 26.6 Å². The summed E-state index contributed by atoms with van der Waals surface area (Å²) >= 11 is 0. The largest absolute Gasteiger partial charge is 0.378 e. The molecule has 0 aliphatic carbocycles. The van der Waals surface area contributed by atoms with E-state index in [1.165, 1.54) is 0 Å². The predicted molar refractivity (Wildman–Crippen MR) is 128 cm³/mol. The van der Waals surface area contributed by atoms with Crippen LogP contribution in [0, 0.1) is 6.92 Å². The summed E-state index contributed by atoms with van der Waals surface area (Å²) in [5.74, 6) is 2.55. The number of fused-ring (bicyclic) bond motifs is 1. The van der Waals surface area contributed by atoms with Crippen LogP contribution in [-0.2, 0) is 18.3 Å². The molecule has 1 fully saturated rings. The molecule has 5 rings (SSSR count). The Morgan fingerprint density at radius 1 is 1.00 bits per heavy atom. The van der Waals surface area contributed by atoms with Crippen LogP contribution in [0.25, 0.3) is 33.8 Å². The van der Waals surface area contributed by atoms with Crippen LogP contribution < -0.4 is 4.90 Å². The summed E-state index contributed by atoms with van der Waals surface area (Å²) in [5.41, 5.74) is 4.69. The van der Waals surface area contributed by atoms with Crippen LogP contribution in [0.5, 0.6) is 0 Å². The molecule has 3 aromatic heterocycles. The first-order valence-corrected chi connectivity index (χ1v) is 11.3. The summed E-state index contributed by atoms with van der Waals surface area (Å²) in [6.45, 7) is 12.0. The van der Waals surface area contributed by atoms with E-state index in [2.05, 4.69) is 39.7 Å². The Hall–Kier alpha value is -3.26. The molecule has 4 aromatic rings. The summed E-state index contributed by atoms with van der Waals surface area (Å²) in [4.78, 5) is 17.0. The summed E-state index contributed by atoms with van der Waals surface area (Å²) < 4.78 is 9.50. The van der Waals surface area contributed by atoms with Crippen LogP contribution in [0.15, 0.2) is 36.5 Å². The van der Waals surface area contributed by atoms with Crippen molar-refractivity contribution in [2.24, 2.45) is 7.05 Å². The Labute approximate surface area is 188 Å². The molecular formula is C24H31N7O. The quantitative estimate of drug-likeness (QED) is 0.483. The minimum Gasteiger partial charge on any atom is -0.378 e. The topological polar surface area (TPSA) is 73.9 Å². The van der Waals surface area contributed by atoms with Crippen LogP contribution in [0.3, 0.4) is 0 Å². The van der Waals surface area contributed by atoms with Crippen molar-refractivity contribution in [2.75, 3.05) is 31.2 Å². The third-order valence-corrected chi connectivity index (χ3v) is 5.52. The minimum atomic E-state index is 0.698. The average molecular weight is 434 g/mol. The zero-order valence-corrected chi connectivity index (χ0v) is 19.5. The smallest absolute Gasteiger partial charge is 0.166 e. The fourth-order valence-corrected chi connectivity index (χ4v) is 3.99. The van der Waals surface area contributed by atoms with E-state index in [0.717, 1.165) is 59.3 Å². The number of morpholine rings is 1. The Kier molecular flexibility index (Phi) is 6.50. The lowest BCUT2D eigenvalue weighted by Crippen LogP contribution is -2.37. The van der Waals surface area contributed by atoms with Gasteiger partial charge >= 0.3 is 0 Å². The van der Waals surface area contributed by atoms with Gasteiger partial charge < -0.3 is 14.2 Å². The highest BCUT2D eigenvalue weighted by atomic mass is 16.5. The van der Waals surface area contributed by atoms with Crippen molar-refractivity contribution in [3.63, 3.8) is 0 Å². The Balaban J connectivity index is 0.00000119. The molecule has 0 atom stereocenters. The molecule has 0 amide bonds. The van der Waals surface area contributed by atoms with Crippen molar-refractivity contribution in [3.8, 4) is 22.6 Å². The summed E-state index contributed by atoms with van der Waals surface area (Å²) in [6, 6.07) is 10.3. The van der Waals surface area contributed by atoms with Gasteiger partial charge in [-0.2, -0.15) is 5.10 Å². The van der Waals surface area contributed by atoms with E-state index in [1.54, 1.807) is 0 Å². The third kappa shape index (κ3) is 4.10. The molecule has 32 heavy (non-hydrogen) atoms. The molecule has 8 nitrogen and oxygen atoms in total. The zero-order chi connectivity index (χ0) is 22.7. The number of hydrogen-bond acceptors (Lipinski definition) is 6. The lowest BCUT2D eigenvalue weighted by Gasteiger charge is -2.28. The van der Waals surface area contributed by atoms with Gasteiger partial charge in [-0.15, -0.1) is 0 Å². The first-order chi connectivity index (χ1) is 15.6. The first-order valence-electron chi connectivity index (χ1n) is 11.3. The number of ether oxygens (including phenoxy) is 1. The number of benzene rings is 1. The highest BCUT2D eigenvalue weighted by molar-refractivity contribution is 5.86. The van der Waals surface area contributed by atoms with Gasteiger partial charge in [0, 0.05) is 44.0 Å². The maximum absolute atomic E-state index is 5.55. The second-order valence-electron chi connectivity index (χ2n) is 7.50. The Morgan fingerprint density at radius 3 is 2.44 bits per heavy atom. The van der Waals surface area contributed by atoms with Gasteiger partial charge in [-0.25, -0.2) is 15.0 Å². The molecule has 0 unspecified atom stereocenters. The summed E-state index contributed by atoms with van der Waals surface area (Å²) in [6.07, 6.45) is 1.95. The number of anilines is 1. The molecule has 8 heteroatoms. The molecule has 4 heterocycles. The molecule has 0 N–H and O–H groups in total. The standard InChI is InChI=1S/C22H25N7O.C2H6/c1-4-29-15(2)23-19-21(28-10-12-30-13-11-28)24-20(25-22(19)29)17-7-5-6-16(14-17)18-8-9-27(3)26-18;1-2/h5-9,14H,4,10-13H2,1-3H3;1-2H3. The molecule has 1 aliphatic heterocycles. The number of aryl methyl sites for hydroxylation is 3. The van der Waals surface area contributed by atoms with E-state index in [4.69, 9.17) is 19.7 Å². The molecule has 0 spiro atoms. The molecule has 168 valence electrons. The van der Waals surface area contributed by atoms with Crippen molar-refractivity contribution in [2.45, 2.75) is 34.2 Å². The molecule has 0 radical (unpaired) electrons. The fourth-order valence-electron chi connectivity index (χ4n) is 3.99. The predicted octanol–water partition coefficient (Wildman–Crippen LogP) is 4.08. The third-order valence-electron chi connectivity index (χ3n) is 5.52. The lowest BCUT2D eigenvalue weighted by atomic mass is 10.1. The first kappa shape index (κ1) is 22.0. The molecule has 1 aliphatic rings. The van der Waals surface area contributed by atoms with E-state index >= 15 is 0 Å². The van der Waals surface area contributed by atoms with E-state index in [9.17, 15) is 0 Å². The molecule has 0 saturated carbocycles. The maximum atomic E-state index is 5.55. The van der Waals surface area contributed by atoms with Gasteiger partial charge in [0.1, 0.15) is 5.82 Å². The van der Waals surface area contributed by atoms with E-state index in [-0.39, 0.29) is 0 Å². The zero-order valence-electron chi connectivity index (χ0n) is 19.5. The minimum absolute atomic E-state index is 0.698. The number of nitrogens with zero attached hydrogens (tertiary/aromatic N) is 7. The van der Waals surface area contributed by atoms with Gasteiger partial charge in [-0.1, -0.05) is 32.0 Å². The highest BCUT2D eigenvalue weighted by Gasteiger charge is 2.22. The SMILES string of the molecule is CC.CCn1c(C)nc2c(N3CCOCC3)nc(-c3cccc(-c4ccn(C)n4)c3)nc21. The molecule has 0 bridgehead atoms. The molecule has 1 aromatic carbocycles. The maximum Gasteiger partial charge on any atom is 0.166 e. The van der Waals surface area contributed by atoms with Gasteiger partial charge in [0.2, 0.25) is 0 Å². The van der Waals surface area contributed by atoms with Crippen LogP contribution >= 0.6 is 0 Å². The van der Waals surface area contributed by atoms with Crippen molar-refractivity contribution in [1.82, 2.24) is 29.3 Å². The van der Waals surface area contributed by atoms with Gasteiger partial charge in [0.05, 0.1) is 18.9 Å². The van der Waals surface area contributed by atoms with E-state index in [1.807, 2.05) is 50.8 Å². The Bertz CT molecular complexity index is 1200. The summed E-state index contributed by atoms with van der Waals surface area (Å²) in [7, 11) is 1.92. The number of imidazole rings is 1. The lowest BCUT2D eigenvalue weighted by molar-refractivity contribution is 0.122. The fraction of sp³-hybridized carbons (Fsp3) is 0.417. The number of aromatic nitrogens is 6. The van der Waals surface area contributed by atoms with Gasteiger partial charge in [0.15, 0.2) is 22.8 Å². The van der Waals surface area contributed by atoms with Crippen molar-refractivity contribution < 1.29 is 4.74 Å². The number of rotatable bonds is 4. The normalized spacial score (nSPS) is 13.8. The van der Waals surface area contributed by atoms with E-state index < -0.39 is 0 Å². The second-order valence-corrected chi connectivity index (χ2v) is 7.50. The van der Waals surface area contributed by atoms with Crippen molar-refractivity contribution >= 4 is 17.0 Å². The summed E-state index contributed by atoms with van der Waals surface area (Å²) in [5, 5.41) is 4.53. The average Bonchev–Trinajstić information content (AvgIpc) is 3.42. The van der Waals surface area contributed by atoms with Crippen LogP contribution in [0.4, 0.5) is 5.82 Å². The highest BCUT2D eigenvalue weighted by Crippen LogP contribution is 2.30. The van der Waals surface area contributed by atoms with Crippen molar-refractivity contribution in [1.29, 1.82) is 0 Å². The van der Waals surface area contributed by atoms with Gasteiger partial charge in [-0.3, -0.25) is 4.68 Å². The Morgan fingerprint density at radius 2 is 1.75 bits per heavy atom. The molecule has 1 saturated heterocycles. The van der Waals surface area contributed by atoms with Crippen LogP contribution in [0.2, 0.25) is 0 Å². The second kappa shape index (κ2) is 9.48. The molecular weight excluding hydrogens is 402 g/mol. The van der Waals surface area contributed by atoms with Crippen LogP contribution in [-0.4, -0.2) is 55.6 Å².